The predicted molar refractivity (Wildman–Crippen MR) is 116 cm³/mol. The molecule has 1 amide bonds. The summed E-state index contributed by atoms with van der Waals surface area (Å²) in [6.07, 6.45) is 0. The van der Waals surface area contributed by atoms with Crippen LogP contribution in [0.5, 0.6) is 0 Å². The lowest BCUT2D eigenvalue weighted by Gasteiger charge is -2.06. The second kappa shape index (κ2) is 9.40. The van der Waals surface area contributed by atoms with Crippen LogP contribution in [0, 0.1) is 0 Å². The molecule has 0 bridgehead atoms. The first-order chi connectivity index (χ1) is 13.8. The summed E-state index contributed by atoms with van der Waals surface area (Å²) in [4.78, 5) is 16.8. The fourth-order valence-electron chi connectivity index (χ4n) is 2.79. The second-order valence-corrected chi connectivity index (χ2v) is 10.1. The van der Waals surface area contributed by atoms with Crippen molar-refractivity contribution >= 4 is 60.5 Å². The lowest BCUT2D eigenvalue weighted by molar-refractivity contribution is -0.115. The number of aromatic nitrogens is 1. The Bertz CT molecular complexity index is 1200. The topological polar surface area (TPSA) is 77.7 Å². The molecule has 0 spiro atoms. The van der Waals surface area contributed by atoms with Gasteiger partial charge in [-0.05, 0) is 17.7 Å². The van der Waals surface area contributed by atoms with Gasteiger partial charge in [-0.15, -0.1) is 0 Å². The molecule has 0 atom stereocenters. The molecular weight excluding hydrogens is 455 g/mol. The summed E-state index contributed by atoms with van der Waals surface area (Å²) >= 11 is 13.8. The summed E-state index contributed by atoms with van der Waals surface area (Å²) in [5.41, 5.74) is 1.26. The highest BCUT2D eigenvalue weighted by Crippen LogP contribution is 2.31. The van der Waals surface area contributed by atoms with Crippen molar-refractivity contribution in [3.05, 3.63) is 62.9 Å². The number of ether oxygens (including phenoxy) is 1. The highest BCUT2D eigenvalue weighted by Gasteiger charge is 2.19. The highest BCUT2D eigenvalue weighted by molar-refractivity contribution is 7.91. The summed E-state index contributed by atoms with van der Waals surface area (Å²) in [5, 5.41) is 0.938. The molecule has 2 aromatic carbocycles. The van der Waals surface area contributed by atoms with Crippen molar-refractivity contribution in [2.75, 3.05) is 19.5 Å². The number of hydrogen-bond donors (Lipinski definition) is 0. The van der Waals surface area contributed by atoms with E-state index in [4.69, 9.17) is 27.9 Å². The molecule has 0 radical (unpaired) electrons. The largest absolute Gasteiger partial charge is 0.383 e. The molecule has 0 saturated heterocycles. The number of rotatable bonds is 7. The number of hydrogen-bond acceptors (Lipinski definition) is 5. The summed E-state index contributed by atoms with van der Waals surface area (Å²) in [6.45, 7) is 0.752. The molecule has 154 valence electrons. The zero-order chi connectivity index (χ0) is 21.0. The van der Waals surface area contributed by atoms with Crippen molar-refractivity contribution in [1.29, 1.82) is 0 Å². The zero-order valence-electron chi connectivity index (χ0n) is 15.5. The van der Waals surface area contributed by atoms with Gasteiger partial charge in [-0.2, -0.15) is 4.99 Å². The molecule has 6 nitrogen and oxygen atoms in total. The Balaban J connectivity index is 1.95. The number of fused-ring (bicyclic) bond motifs is 1. The molecule has 3 rings (SSSR count). The van der Waals surface area contributed by atoms with Crippen LogP contribution in [0.3, 0.4) is 0 Å². The minimum Gasteiger partial charge on any atom is -0.383 e. The van der Waals surface area contributed by atoms with E-state index in [1.807, 2.05) is 0 Å². The number of benzene rings is 2. The SMILES string of the molecule is COCCn1c(=NC(=O)CS(=O)(=O)Cc2ccccc2)sc2c(Cl)ccc(Cl)c21. The van der Waals surface area contributed by atoms with Gasteiger partial charge in [-0.1, -0.05) is 64.9 Å². The number of halogens is 2. The number of thiazole rings is 1. The summed E-state index contributed by atoms with van der Waals surface area (Å²) in [7, 11) is -2.10. The molecule has 0 fully saturated rings. The lowest BCUT2D eigenvalue weighted by atomic mass is 10.2. The summed E-state index contributed by atoms with van der Waals surface area (Å²) in [6, 6.07) is 12.0. The molecule has 0 saturated carbocycles. The lowest BCUT2D eigenvalue weighted by Crippen LogP contribution is -2.22. The number of nitrogens with zero attached hydrogens (tertiary/aromatic N) is 2. The van der Waals surface area contributed by atoms with Gasteiger partial charge in [0, 0.05) is 13.7 Å². The minimum absolute atomic E-state index is 0.219. The third kappa shape index (κ3) is 5.46. The first-order valence-corrected chi connectivity index (χ1v) is 12.0. The van der Waals surface area contributed by atoms with Gasteiger partial charge in [-0.3, -0.25) is 4.79 Å². The number of carbonyl (C=O) groups excluding carboxylic acids is 1. The van der Waals surface area contributed by atoms with Gasteiger partial charge in [0.1, 0.15) is 5.75 Å². The maximum absolute atomic E-state index is 12.4. The normalized spacial score (nSPS) is 12.6. The van der Waals surface area contributed by atoms with E-state index in [1.54, 1.807) is 54.1 Å². The van der Waals surface area contributed by atoms with Crippen LogP contribution in [0.25, 0.3) is 10.2 Å². The van der Waals surface area contributed by atoms with Gasteiger partial charge in [-0.25, -0.2) is 8.42 Å². The van der Waals surface area contributed by atoms with E-state index in [9.17, 15) is 13.2 Å². The molecule has 0 unspecified atom stereocenters. The second-order valence-electron chi connectivity index (χ2n) is 6.26. The van der Waals surface area contributed by atoms with E-state index in [2.05, 4.69) is 4.99 Å². The quantitative estimate of drug-likeness (QED) is 0.525. The first kappa shape index (κ1) is 22.0. The standard InChI is InChI=1S/C19H18Cl2N2O4S2/c1-27-10-9-23-17-14(20)7-8-15(21)18(17)28-19(23)22-16(24)12-29(25,26)11-13-5-3-2-4-6-13/h2-8H,9-12H2,1H3. The minimum atomic E-state index is -3.65. The van der Waals surface area contributed by atoms with Crippen molar-refractivity contribution in [3.63, 3.8) is 0 Å². The molecule has 1 heterocycles. The fraction of sp³-hybridized carbons (Fsp3) is 0.263. The Morgan fingerprint density at radius 3 is 2.52 bits per heavy atom. The van der Waals surface area contributed by atoms with Crippen LogP contribution < -0.4 is 4.80 Å². The van der Waals surface area contributed by atoms with Gasteiger partial charge in [0.2, 0.25) is 0 Å². The average molecular weight is 473 g/mol. The smallest absolute Gasteiger partial charge is 0.263 e. The predicted octanol–water partition coefficient (Wildman–Crippen LogP) is 3.70. The maximum Gasteiger partial charge on any atom is 0.263 e. The Morgan fingerprint density at radius 1 is 1.14 bits per heavy atom. The van der Waals surface area contributed by atoms with E-state index in [0.29, 0.717) is 43.8 Å². The van der Waals surface area contributed by atoms with E-state index >= 15 is 0 Å². The monoisotopic (exact) mass is 472 g/mol. The molecular formula is C19H18Cl2N2O4S2. The number of methoxy groups -OCH3 is 1. The fourth-order valence-corrected chi connectivity index (χ4v) is 5.72. The van der Waals surface area contributed by atoms with Crippen LogP contribution in [0.15, 0.2) is 47.5 Å². The number of amides is 1. The third-order valence-electron chi connectivity index (χ3n) is 4.04. The third-order valence-corrected chi connectivity index (χ3v) is 7.34. The van der Waals surface area contributed by atoms with Crippen molar-refractivity contribution in [3.8, 4) is 0 Å². The van der Waals surface area contributed by atoms with Crippen LogP contribution >= 0.6 is 34.5 Å². The molecule has 29 heavy (non-hydrogen) atoms. The molecule has 3 aromatic rings. The van der Waals surface area contributed by atoms with E-state index in [1.165, 1.54) is 11.3 Å². The Hall–Kier alpha value is -1.71. The Morgan fingerprint density at radius 2 is 1.83 bits per heavy atom. The van der Waals surface area contributed by atoms with Gasteiger partial charge in [0.25, 0.3) is 5.91 Å². The first-order valence-electron chi connectivity index (χ1n) is 8.59. The van der Waals surface area contributed by atoms with Gasteiger partial charge in [0.05, 0.1) is 32.6 Å². The van der Waals surface area contributed by atoms with Crippen molar-refractivity contribution < 1.29 is 17.9 Å². The average Bonchev–Trinajstić information content (AvgIpc) is 3.02. The summed E-state index contributed by atoms with van der Waals surface area (Å²) < 4.78 is 32.3. The van der Waals surface area contributed by atoms with Crippen molar-refractivity contribution in [2.24, 2.45) is 4.99 Å². The number of sulfone groups is 1. The van der Waals surface area contributed by atoms with Crippen LogP contribution in [-0.4, -0.2) is 38.4 Å². The number of carbonyl (C=O) groups is 1. The molecule has 10 heteroatoms. The molecule has 0 aliphatic rings. The van der Waals surface area contributed by atoms with Crippen LogP contribution in [-0.2, 0) is 31.7 Å². The summed E-state index contributed by atoms with van der Waals surface area (Å²) in [5.74, 6) is -1.64. The molecule has 1 aromatic heterocycles. The van der Waals surface area contributed by atoms with E-state index in [-0.39, 0.29) is 5.75 Å². The molecule has 0 aliphatic carbocycles. The van der Waals surface area contributed by atoms with E-state index in [0.717, 1.165) is 0 Å². The maximum atomic E-state index is 12.4. The van der Waals surface area contributed by atoms with Crippen molar-refractivity contribution in [2.45, 2.75) is 12.3 Å². The molecule has 0 N–H and O–H groups in total. The Labute approximate surface area is 182 Å². The van der Waals surface area contributed by atoms with Crippen LogP contribution in [0.1, 0.15) is 5.56 Å². The van der Waals surface area contributed by atoms with Crippen LogP contribution in [0.2, 0.25) is 10.0 Å². The van der Waals surface area contributed by atoms with Gasteiger partial charge in [0.15, 0.2) is 14.6 Å². The van der Waals surface area contributed by atoms with Crippen LogP contribution in [0.4, 0.5) is 0 Å². The van der Waals surface area contributed by atoms with Gasteiger partial charge >= 0.3 is 0 Å². The van der Waals surface area contributed by atoms with Gasteiger partial charge < -0.3 is 9.30 Å². The van der Waals surface area contributed by atoms with E-state index < -0.39 is 21.5 Å². The Kier molecular flexibility index (Phi) is 7.13. The molecule has 0 aliphatic heterocycles. The highest BCUT2D eigenvalue weighted by atomic mass is 35.5. The zero-order valence-corrected chi connectivity index (χ0v) is 18.6. The van der Waals surface area contributed by atoms with Crippen molar-refractivity contribution in [1.82, 2.24) is 4.57 Å².